The Morgan fingerprint density at radius 2 is 1.95 bits per heavy atom. The summed E-state index contributed by atoms with van der Waals surface area (Å²) < 4.78 is 0. The predicted molar refractivity (Wildman–Crippen MR) is 90.5 cm³/mol. The van der Waals surface area contributed by atoms with Gasteiger partial charge in [0.25, 0.3) is 0 Å². The quantitative estimate of drug-likeness (QED) is 0.924. The van der Waals surface area contributed by atoms with E-state index in [2.05, 4.69) is 40.3 Å². The standard InChI is InChI=1S/C17H22N4O/c1-12-5-4-6-14-16(12)15(18-3)11-19-17(14)21-9-7-20(8-10-21)13(2)22/h4-6,11,18H,7-10H2,1-3H3. The van der Waals surface area contributed by atoms with Crippen molar-refractivity contribution >= 4 is 28.2 Å². The zero-order valence-electron chi connectivity index (χ0n) is 13.4. The first-order chi connectivity index (χ1) is 10.6. The molecule has 0 atom stereocenters. The van der Waals surface area contributed by atoms with Crippen molar-refractivity contribution in [2.45, 2.75) is 13.8 Å². The van der Waals surface area contributed by atoms with Crippen LogP contribution in [-0.2, 0) is 4.79 Å². The molecule has 2 heterocycles. The van der Waals surface area contributed by atoms with E-state index in [-0.39, 0.29) is 5.91 Å². The number of fused-ring (bicyclic) bond motifs is 1. The molecule has 5 nitrogen and oxygen atoms in total. The van der Waals surface area contributed by atoms with Gasteiger partial charge in [0.15, 0.2) is 0 Å². The highest BCUT2D eigenvalue weighted by Crippen LogP contribution is 2.32. The fourth-order valence-corrected chi connectivity index (χ4v) is 3.15. The summed E-state index contributed by atoms with van der Waals surface area (Å²) in [4.78, 5) is 20.3. The van der Waals surface area contributed by atoms with Gasteiger partial charge in [0.05, 0.1) is 11.9 Å². The number of hydrogen-bond acceptors (Lipinski definition) is 4. The highest BCUT2D eigenvalue weighted by molar-refractivity contribution is 6.02. The lowest BCUT2D eigenvalue weighted by Crippen LogP contribution is -2.48. The van der Waals surface area contributed by atoms with Crippen LogP contribution in [-0.4, -0.2) is 49.0 Å². The summed E-state index contributed by atoms with van der Waals surface area (Å²) in [5, 5.41) is 5.62. The Morgan fingerprint density at radius 3 is 2.59 bits per heavy atom. The minimum Gasteiger partial charge on any atom is -0.386 e. The number of carbonyl (C=O) groups excluding carboxylic acids is 1. The number of hydrogen-bond donors (Lipinski definition) is 1. The van der Waals surface area contributed by atoms with E-state index in [1.54, 1.807) is 6.92 Å². The van der Waals surface area contributed by atoms with Crippen molar-refractivity contribution in [2.75, 3.05) is 43.4 Å². The van der Waals surface area contributed by atoms with Crippen molar-refractivity contribution in [3.8, 4) is 0 Å². The molecule has 1 aromatic heterocycles. The molecule has 0 saturated carbocycles. The van der Waals surface area contributed by atoms with Crippen molar-refractivity contribution in [2.24, 2.45) is 0 Å². The number of benzene rings is 1. The molecule has 116 valence electrons. The summed E-state index contributed by atoms with van der Waals surface area (Å²) in [5.74, 6) is 1.17. The molecule has 5 heteroatoms. The first-order valence-electron chi connectivity index (χ1n) is 7.68. The van der Waals surface area contributed by atoms with Gasteiger partial charge in [0, 0.05) is 50.9 Å². The molecule has 1 saturated heterocycles. The summed E-state index contributed by atoms with van der Waals surface area (Å²) in [6, 6.07) is 6.33. The summed E-state index contributed by atoms with van der Waals surface area (Å²) in [7, 11) is 1.92. The maximum Gasteiger partial charge on any atom is 0.219 e. The van der Waals surface area contributed by atoms with Crippen LogP contribution in [0.15, 0.2) is 24.4 Å². The molecule has 2 aromatic rings. The Hall–Kier alpha value is -2.30. The molecule has 1 aliphatic rings. The second kappa shape index (κ2) is 5.83. The minimum atomic E-state index is 0.152. The Morgan fingerprint density at radius 1 is 1.23 bits per heavy atom. The summed E-state index contributed by atoms with van der Waals surface area (Å²) >= 11 is 0. The maximum atomic E-state index is 11.5. The Bertz CT molecular complexity index is 705. The van der Waals surface area contributed by atoms with Crippen LogP contribution >= 0.6 is 0 Å². The van der Waals surface area contributed by atoms with Crippen molar-refractivity contribution < 1.29 is 4.79 Å². The van der Waals surface area contributed by atoms with Crippen molar-refractivity contribution in [3.63, 3.8) is 0 Å². The zero-order valence-corrected chi connectivity index (χ0v) is 13.4. The number of nitrogens with one attached hydrogen (secondary N) is 1. The smallest absolute Gasteiger partial charge is 0.219 e. The Kier molecular flexibility index (Phi) is 3.88. The van der Waals surface area contributed by atoms with Crippen LogP contribution in [0.3, 0.4) is 0 Å². The molecule has 0 bridgehead atoms. The van der Waals surface area contributed by atoms with E-state index in [9.17, 15) is 4.79 Å². The van der Waals surface area contributed by atoms with E-state index in [1.807, 2.05) is 18.1 Å². The van der Waals surface area contributed by atoms with Gasteiger partial charge in [-0.05, 0) is 12.5 Å². The molecule has 1 aromatic carbocycles. The summed E-state index contributed by atoms with van der Waals surface area (Å²) in [6.45, 7) is 6.94. The summed E-state index contributed by atoms with van der Waals surface area (Å²) in [6.07, 6.45) is 1.90. The van der Waals surface area contributed by atoms with Crippen molar-refractivity contribution in [3.05, 3.63) is 30.0 Å². The van der Waals surface area contributed by atoms with Crippen molar-refractivity contribution in [1.82, 2.24) is 9.88 Å². The van der Waals surface area contributed by atoms with E-state index in [0.29, 0.717) is 0 Å². The normalized spacial score (nSPS) is 15.2. The SMILES string of the molecule is CNc1cnc(N2CCN(C(C)=O)CC2)c2cccc(C)c12. The average molecular weight is 298 g/mol. The monoisotopic (exact) mass is 298 g/mol. The lowest BCUT2D eigenvalue weighted by atomic mass is 10.0. The van der Waals surface area contributed by atoms with Gasteiger partial charge in [-0.1, -0.05) is 18.2 Å². The molecular formula is C17H22N4O. The van der Waals surface area contributed by atoms with Crippen LogP contribution < -0.4 is 10.2 Å². The third-order valence-electron chi connectivity index (χ3n) is 4.39. The number of piperazine rings is 1. The number of aryl methyl sites for hydroxylation is 1. The first kappa shape index (κ1) is 14.6. The van der Waals surface area contributed by atoms with Crippen LogP contribution in [0.2, 0.25) is 0 Å². The Balaban J connectivity index is 1.99. The van der Waals surface area contributed by atoms with Gasteiger partial charge in [-0.25, -0.2) is 4.98 Å². The van der Waals surface area contributed by atoms with Gasteiger partial charge in [-0.3, -0.25) is 4.79 Å². The molecule has 1 aliphatic heterocycles. The lowest BCUT2D eigenvalue weighted by molar-refractivity contribution is -0.129. The van der Waals surface area contributed by atoms with Gasteiger partial charge in [0.1, 0.15) is 5.82 Å². The van der Waals surface area contributed by atoms with Gasteiger partial charge >= 0.3 is 0 Å². The zero-order chi connectivity index (χ0) is 15.7. The molecule has 1 N–H and O–H groups in total. The van der Waals surface area contributed by atoms with Crippen LogP contribution in [0, 0.1) is 6.92 Å². The van der Waals surface area contributed by atoms with Gasteiger partial charge in [-0.2, -0.15) is 0 Å². The number of rotatable bonds is 2. The largest absolute Gasteiger partial charge is 0.386 e. The molecule has 0 spiro atoms. The molecule has 1 fully saturated rings. The third kappa shape index (κ3) is 2.47. The number of nitrogens with zero attached hydrogens (tertiary/aromatic N) is 3. The van der Waals surface area contributed by atoms with E-state index in [4.69, 9.17) is 0 Å². The van der Waals surface area contributed by atoms with Crippen LogP contribution in [0.25, 0.3) is 10.8 Å². The van der Waals surface area contributed by atoms with Crippen LogP contribution in [0.1, 0.15) is 12.5 Å². The lowest BCUT2D eigenvalue weighted by Gasteiger charge is -2.35. The van der Waals surface area contributed by atoms with Crippen LogP contribution in [0.4, 0.5) is 11.5 Å². The van der Waals surface area contributed by atoms with Gasteiger partial charge < -0.3 is 15.1 Å². The fourth-order valence-electron chi connectivity index (χ4n) is 3.15. The van der Waals surface area contributed by atoms with E-state index in [0.717, 1.165) is 37.7 Å². The van der Waals surface area contributed by atoms with Crippen LogP contribution in [0.5, 0.6) is 0 Å². The molecule has 1 amide bonds. The summed E-state index contributed by atoms with van der Waals surface area (Å²) in [5.41, 5.74) is 2.30. The van der Waals surface area contributed by atoms with Gasteiger partial charge in [-0.15, -0.1) is 0 Å². The van der Waals surface area contributed by atoms with Crippen molar-refractivity contribution in [1.29, 1.82) is 0 Å². The number of amides is 1. The van der Waals surface area contributed by atoms with Gasteiger partial charge in [0.2, 0.25) is 5.91 Å². The highest BCUT2D eigenvalue weighted by atomic mass is 16.2. The minimum absolute atomic E-state index is 0.152. The number of pyridine rings is 1. The maximum absolute atomic E-state index is 11.5. The number of carbonyl (C=O) groups is 1. The second-order valence-corrected chi connectivity index (χ2v) is 5.74. The second-order valence-electron chi connectivity index (χ2n) is 5.74. The van der Waals surface area contributed by atoms with E-state index in [1.165, 1.54) is 16.3 Å². The Labute approximate surface area is 130 Å². The number of anilines is 2. The third-order valence-corrected chi connectivity index (χ3v) is 4.39. The first-order valence-corrected chi connectivity index (χ1v) is 7.68. The topological polar surface area (TPSA) is 48.5 Å². The predicted octanol–water partition coefficient (Wildman–Crippen LogP) is 2.25. The number of aromatic nitrogens is 1. The van der Waals surface area contributed by atoms with E-state index >= 15 is 0 Å². The van der Waals surface area contributed by atoms with E-state index < -0.39 is 0 Å². The molecule has 3 rings (SSSR count). The fraction of sp³-hybridized carbons (Fsp3) is 0.412. The molecular weight excluding hydrogens is 276 g/mol. The molecule has 0 unspecified atom stereocenters. The molecule has 0 aliphatic carbocycles. The molecule has 22 heavy (non-hydrogen) atoms. The molecule has 0 radical (unpaired) electrons. The highest BCUT2D eigenvalue weighted by Gasteiger charge is 2.21. The average Bonchev–Trinajstić information content (AvgIpc) is 2.54.